The number of nitrogens with one attached hydrogen (secondary N) is 3. The lowest BCUT2D eigenvalue weighted by Crippen LogP contribution is -2.43. The molecule has 1 unspecified atom stereocenters. The number of likely N-dealkylation sites (tertiary alicyclic amines) is 1. The van der Waals surface area contributed by atoms with Gasteiger partial charge in [-0.25, -0.2) is 0 Å². The molecule has 0 aliphatic carbocycles. The van der Waals surface area contributed by atoms with Crippen molar-refractivity contribution in [2.45, 2.75) is 38.6 Å². The van der Waals surface area contributed by atoms with Gasteiger partial charge in [-0.2, -0.15) is 0 Å². The molecule has 0 bridgehead atoms. The van der Waals surface area contributed by atoms with Crippen LogP contribution in [-0.4, -0.2) is 69.7 Å². The molecule has 156 valence electrons. The van der Waals surface area contributed by atoms with Crippen LogP contribution in [0.2, 0.25) is 0 Å². The van der Waals surface area contributed by atoms with E-state index in [1.54, 1.807) is 26.3 Å². The Morgan fingerprint density at radius 3 is 2.75 bits per heavy atom. The second-order valence-corrected chi connectivity index (χ2v) is 7.15. The third kappa shape index (κ3) is 7.38. The van der Waals surface area contributed by atoms with Crippen molar-refractivity contribution in [3.8, 4) is 5.75 Å². The summed E-state index contributed by atoms with van der Waals surface area (Å²) in [6, 6.07) is 7.84. The van der Waals surface area contributed by atoms with Crippen molar-refractivity contribution in [3.63, 3.8) is 0 Å². The summed E-state index contributed by atoms with van der Waals surface area (Å²) in [6.45, 7) is 6.69. The highest BCUT2D eigenvalue weighted by atomic mass is 16.5. The third-order valence-corrected chi connectivity index (χ3v) is 5.11. The first kappa shape index (κ1) is 22.0. The second kappa shape index (κ2) is 12.2. The van der Waals surface area contributed by atoms with E-state index in [9.17, 15) is 4.79 Å². The Balaban J connectivity index is 1.59. The summed E-state index contributed by atoms with van der Waals surface area (Å²) in [5.41, 5.74) is 0.591. The van der Waals surface area contributed by atoms with Crippen LogP contribution in [0.3, 0.4) is 0 Å². The average Bonchev–Trinajstić information content (AvgIpc) is 2.73. The van der Waals surface area contributed by atoms with E-state index in [4.69, 9.17) is 4.74 Å². The van der Waals surface area contributed by atoms with Gasteiger partial charge in [-0.05, 0) is 50.9 Å². The summed E-state index contributed by atoms with van der Waals surface area (Å²) < 4.78 is 5.15. The molecule has 1 aromatic carbocycles. The molecule has 1 amide bonds. The zero-order chi connectivity index (χ0) is 20.2. The lowest BCUT2D eigenvalue weighted by molar-refractivity contribution is 0.0954. The number of piperidine rings is 1. The van der Waals surface area contributed by atoms with Gasteiger partial charge in [0.15, 0.2) is 5.96 Å². The molecule has 0 saturated carbocycles. The molecule has 2 rings (SSSR count). The van der Waals surface area contributed by atoms with Gasteiger partial charge >= 0.3 is 0 Å². The number of carbonyl (C=O) groups excluding carboxylic acids is 1. The fourth-order valence-electron chi connectivity index (χ4n) is 3.42. The minimum absolute atomic E-state index is 0.112. The quantitative estimate of drug-likeness (QED) is 0.341. The number of amides is 1. The molecule has 0 spiro atoms. The SMILES string of the molecule is CN=C(NCCCN1CCCCC1C)NCCNC(=O)c1cccc(OC)c1. The van der Waals surface area contributed by atoms with Crippen LogP contribution in [-0.2, 0) is 0 Å². The monoisotopic (exact) mass is 389 g/mol. The van der Waals surface area contributed by atoms with Crippen LogP contribution >= 0.6 is 0 Å². The Bertz CT molecular complexity index is 635. The maximum Gasteiger partial charge on any atom is 0.251 e. The van der Waals surface area contributed by atoms with Crippen LogP contribution in [0.5, 0.6) is 5.75 Å². The van der Waals surface area contributed by atoms with E-state index in [1.165, 1.54) is 25.8 Å². The van der Waals surface area contributed by atoms with Crippen molar-refractivity contribution in [1.29, 1.82) is 0 Å². The van der Waals surface area contributed by atoms with Gasteiger partial charge in [0.2, 0.25) is 0 Å². The number of nitrogens with zero attached hydrogens (tertiary/aromatic N) is 2. The fourth-order valence-corrected chi connectivity index (χ4v) is 3.42. The minimum atomic E-state index is -0.112. The summed E-state index contributed by atoms with van der Waals surface area (Å²) in [7, 11) is 3.35. The molecular weight excluding hydrogens is 354 g/mol. The topological polar surface area (TPSA) is 78.0 Å². The van der Waals surface area contributed by atoms with Crippen molar-refractivity contribution in [3.05, 3.63) is 29.8 Å². The van der Waals surface area contributed by atoms with Gasteiger partial charge < -0.3 is 25.6 Å². The standard InChI is InChI=1S/C21H35N5O2/c1-17-8-4-5-14-26(17)15-7-11-24-21(22-2)25-13-12-23-20(27)18-9-6-10-19(16-18)28-3/h6,9-10,16-17H,4-5,7-8,11-15H2,1-3H3,(H,23,27)(H2,22,24,25). The Kier molecular flexibility index (Phi) is 9.62. The highest BCUT2D eigenvalue weighted by Crippen LogP contribution is 2.16. The van der Waals surface area contributed by atoms with Crippen LogP contribution in [0, 0.1) is 0 Å². The number of benzene rings is 1. The van der Waals surface area contributed by atoms with Gasteiger partial charge in [0.25, 0.3) is 5.91 Å². The molecule has 1 aromatic rings. The Labute approximate surface area is 168 Å². The molecule has 28 heavy (non-hydrogen) atoms. The van der Waals surface area contributed by atoms with Crippen LogP contribution in [0.15, 0.2) is 29.3 Å². The molecule has 3 N–H and O–H groups in total. The average molecular weight is 390 g/mol. The van der Waals surface area contributed by atoms with Crippen molar-refractivity contribution in [2.75, 3.05) is 46.9 Å². The highest BCUT2D eigenvalue weighted by Gasteiger charge is 2.17. The third-order valence-electron chi connectivity index (χ3n) is 5.11. The normalized spacial score (nSPS) is 17.8. The first-order chi connectivity index (χ1) is 13.6. The predicted octanol–water partition coefficient (Wildman–Crippen LogP) is 1.85. The van der Waals surface area contributed by atoms with Gasteiger partial charge in [-0.3, -0.25) is 9.79 Å². The molecular formula is C21H35N5O2. The lowest BCUT2D eigenvalue weighted by Gasteiger charge is -2.33. The van der Waals surface area contributed by atoms with Crippen LogP contribution in [0.25, 0.3) is 0 Å². The minimum Gasteiger partial charge on any atom is -0.497 e. The lowest BCUT2D eigenvalue weighted by atomic mass is 10.0. The Morgan fingerprint density at radius 2 is 2.00 bits per heavy atom. The van der Waals surface area contributed by atoms with Crippen molar-refractivity contribution >= 4 is 11.9 Å². The zero-order valence-corrected chi connectivity index (χ0v) is 17.5. The van der Waals surface area contributed by atoms with E-state index < -0.39 is 0 Å². The maximum atomic E-state index is 12.2. The summed E-state index contributed by atoms with van der Waals surface area (Å²) >= 11 is 0. The molecule has 1 saturated heterocycles. The van der Waals surface area contributed by atoms with E-state index in [-0.39, 0.29) is 5.91 Å². The van der Waals surface area contributed by atoms with Gasteiger partial charge in [0, 0.05) is 44.8 Å². The first-order valence-corrected chi connectivity index (χ1v) is 10.2. The molecule has 1 aliphatic heterocycles. The van der Waals surface area contributed by atoms with Gasteiger partial charge in [0.05, 0.1) is 7.11 Å². The molecule has 0 radical (unpaired) electrons. The van der Waals surface area contributed by atoms with E-state index >= 15 is 0 Å². The highest BCUT2D eigenvalue weighted by molar-refractivity contribution is 5.94. The molecule has 1 atom stereocenters. The number of ether oxygens (including phenoxy) is 1. The van der Waals surface area contributed by atoms with E-state index in [0.717, 1.165) is 25.5 Å². The fraction of sp³-hybridized carbons (Fsp3) is 0.619. The summed E-state index contributed by atoms with van der Waals surface area (Å²) in [5, 5.41) is 9.47. The Morgan fingerprint density at radius 1 is 1.21 bits per heavy atom. The van der Waals surface area contributed by atoms with Crippen LogP contribution in [0.1, 0.15) is 43.0 Å². The largest absolute Gasteiger partial charge is 0.497 e. The Hall–Kier alpha value is -2.28. The van der Waals surface area contributed by atoms with Crippen molar-refractivity contribution in [2.24, 2.45) is 4.99 Å². The molecule has 1 heterocycles. The van der Waals surface area contributed by atoms with Crippen molar-refractivity contribution in [1.82, 2.24) is 20.9 Å². The second-order valence-electron chi connectivity index (χ2n) is 7.15. The summed E-state index contributed by atoms with van der Waals surface area (Å²) in [4.78, 5) is 19.0. The number of aliphatic imine (C=N–C) groups is 1. The number of hydrogen-bond donors (Lipinski definition) is 3. The number of hydrogen-bond acceptors (Lipinski definition) is 4. The van der Waals surface area contributed by atoms with Gasteiger partial charge in [-0.1, -0.05) is 12.5 Å². The zero-order valence-electron chi connectivity index (χ0n) is 17.5. The predicted molar refractivity (Wildman–Crippen MR) is 114 cm³/mol. The molecule has 1 fully saturated rings. The van der Waals surface area contributed by atoms with E-state index in [2.05, 4.69) is 32.8 Å². The van der Waals surface area contributed by atoms with Gasteiger partial charge in [-0.15, -0.1) is 0 Å². The number of guanidine groups is 1. The number of methoxy groups -OCH3 is 1. The summed E-state index contributed by atoms with van der Waals surface area (Å²) in [6.07, 6.45) is 5.10. The molecule has 0 aromatic heterocycles. The van der Waals surface area contributed by atoms with Crippen molar-refractivity contribution < 1.29 is 9.53 Å². The van der Waals surface area contributed by atoms with E-state index in [0.29, 0.717) is 30.4 Å². The smallest absolute Gasteiger partial charge is 0.251 e. The summed E-state index contributed by atoms with van der Waals surface area (Å²) in [5.74, 6) is 1.33. The van der Waals surface area contributed by atoms with Crippen LogP contribution in [0.4, 0.5) is 0 Å². The van der Waals surface area contributed by atoms with Gasteiger partial charge in [0.1, 0.15) is 5.75 Å². The first-order valence-electron chi connectivity index (χ1n) is 10.2. The number of carbonyl (C=O) groups is 1. The van der Waals surface area contributed by atoms with E-state index in [1.807, 2.05) is 12.1 Å². The maximum absolute atomic E-state index is 12.2. The molecule has 1 aliphatic rings. The molecule has 7 nitrogen and oxygen atoms in total. The number of rotatable bonds is 9. The molecule has 7 heteroatoms. The van der Waals surface area contributed by atoms with Crippen LogP contribution < -0.4 is 20.7 Å².